The Labute approximate surface area is 282 Å². The molecule has 0 saturated carbocycles. The van der Waals surface area contributed by atoms with Gasteiger partial charge in [0.25, 0.3) is 0 Å². The van der Waals surface area contributed by atoms with Gasteiger partial charge in [-0.1, -0.05) is 108 Å². The Morgan fingerprint density at radius 3 is 1.83 bits per heavy atom. The van der Waals surface area contributed by atoms with Crippen LogP contribution in [0.5, 0.6) is 0 Å². The molecule has 47 heavy (non-hydrogen) atoms. The lowest BCUT2D eigenvalue weighted by atomic mass is 9.95. The van der Waals surface area contributed by atoms with Gasteiger partial charge in [0.05, 0.1) is 12.6 Å². The van der Waals surface area contributed by atoms with Gasteiger partial charge in [-0.3, -0.25) is 0 Å². The average molecular weight is 682 g/mol. The van der Waals surface area contributed by atoms with Crippen LogP contribution in [0.25, 0.3) is 11.1 Å². The van der Waals surface area contributed by atoms with Crippen LogP contribution in [0.15, 0.2) is 103 Å². The SMILES string of the molecule is CCOC(=O)[C@H](O)[C@@H](O)[C@@H](Cc1ccc(-c2cc(Cl)cc(Cl)c2)cc1)N(NC(=O)OCc1ccccc1)C(=O)OCc1ccccc1. The quantitative estimate of drug-likeness (QED) is 0.0897. The van der Waals surface area contributed by atoms with Crippen molar-refractivity contribution in [2.75, 3.05) is 6.61 Å². The third-order valence-electron chi connectivity index (χ3n) is 7.00. The highest BCUT2D eigenvalue weighted by molar-refractivity contribution is 6.35. The summed E-state index contributed by atoms with van der Waals surface area (Å²) < 4.78 is 15.7. The van der Waals surface area contributed by atoms with Crippen molar-refractivity contribution in [2.24, 2.45) is 0 Å². The van der Waals surface area contributed by atoms with Gasteiger partial charge in [-0.05, 0) is 59.4 Å². The Bertz CT molecular complexity index is 1600. The van der Waals surface area contributed by atoms with Gasteiger partial charge < -0.3 is 24.4 Å². The van der Waals surface area contributed by atoms with Gasteiger partial charge in [0.15, 0.2) is 6.10 Å². The van der Waals surface area contributed by atoms with Crippen molar-refractivity contribution in [1.29, 1.82) is 0 Å². The fraction of sp³-hybridized carbons (Fsp3) is 0.229. The molecular weight excluding hydrogens is 647 g/mol. The molecule has 4 rings (SSSR count). The van der Waals surface area contributed by atoms with Crippen molar-refractivity contribution in [1.82, 2.24) is 10.4 Å². The minimum absolute atomic E-state index is 0.0604. The molecule has 0 aliphatic carbocycles. The summed E-state index contributed by atoms with van der Waals surface area (Å²) in [6.45, 7) is 1.19. The summed E-state index contributed by atoms with van der Waals surface area (Å²) >= 11 is 12.3. The van der Waals surface area contributed by atoms with E-state index in [0.717, 1.165) is 11.1 Å². The molecule has 4 aromatic rings. The first kappa shape index (κ1) is 35.2. The zero-order valence-electron chi connectivity index (χ0n) is 25.4. The standard InChI is InChI=1S/C35H34Cl2N2O8/c1-2-45-33(42)32(41)31(40)30(17-23-13-15-26(16-14-23)27-18-28(36)20-29(37)19-27)39(35(44)47-22-25-11-7-4-8-12-25)38-34(43)46-21-24-9-5-3-6-10-24/h3-16,18-20,30-32,40-41H,2,17,21-22H2,1H3,(H,38,43)/t30-,31+,32-/m1/s1. The lowest BCUT2D eigenvalue weighted by molar-refractivity contribution is -0.162. The molecule has 3 atom stereocenters. The molecule has 0 aromatic heterocycles. The number of ether oxygens (including phenoxy) is 3. The van der Waals surface area contributed by atoms with Crippen molar-refractivity contribution >= 4 is 41.4 Å². The van der Waals surface area contributed by atoms with Gasteiger partial charge in [0.1, 0.15) is 19.3 Å². The molecule has 0 aliphatic rings. The van der Waals surface area contributed by atoms with Gasteiger partial charge in [-0.15, -0.1) is 0 Å². The van der Waals surface area contributed by atoms with Gasteiger partial charge in [-0.2, -0.15) is 0 Å². The fourth-order valence-electron chi connectivity index (χ4n) is 4.64. The molecule has 3 N–H and O–H groups in total. The molecule has 0 unspecified atom stereocenters. The first-order valence-corrected chi connectivity index (χ1v) is 15.5. The van der Waals surface area contributed by atoms with E-state index in [-0.39, 0.29) is 26.2 Å². The normalized spacial score (nSPS) is 12.7. The first-order valence-electron chi connectivity index (χ1n) is 14.7. The predicted molar refractivity (Wildman–Crippen MR) is 176 cm³/mol. The van der Waals surface area contributed by atoms with Crippen molar-refractivity contribution in [3.05, 3.63) is 130 Å². The van der Waals surface area contributed by atoms with Crippen molar-refractivity contribution in [2.45, 2.75) is 44.8 Å². The van der Waals surface area contributed by atoms with Gasteiger partial charge in [0.2, 0.25) is 0 Å². The molecule has 0 spiro atoms. The highest BCUT2D eigenvalue weighted by Crippen LogP contribution is 2.28. The summed E-state index contributed by atoms with van der Waals surface area (Å²) in [7, 11) is 0. The van der Waals surface area contributed by atoms with E-state index in [1.54, 1.807) is 104 Å². The maximum atomic E-state index is 13.6. The Hall–Kier alpha value is -4.61. The Balaban J connectivity index is 1.64. The monoisotopic (exact) mass is 680 g/mol. The minimum Gasteiger partial charge on any atom is -0.464 e. The van der Waals surface area contributed by atoms with Gasteiger partial charge >= 0.3 is 18.2 Å². The Morgan fingerprint density at radius 2 is 1.28 bits per heavy atom. The second-order valence-electron chi connectivity index (χ2n) is 10.4. The number of benzene rings is 4. The summed E-state index contributed by atoms with van der Waals surface area (Å²) in [6, 6.07) is 28.4. The molecule has 0 bridgehead atoms. The zero-order chi connectivity index (χ0) is 33.8. The highest BCUT2D eigenvalue weighted by atomic mass is 35.5. The van der Waals surface area contributed by atoms with Crippen LogP contribution in [0, 0.1) is 0 Å². The number of nitrogens with zero attached hydrogens (tertiary/aromatic N) is 1. The number of rotatable bonds is 12. The van der Waals surface area contributed by atoms with E-state index in [0.29, 0.717) is 31.7 Å². The number of carbonyl (C=O) groups is 3. The number of aliphatic hydroxyl groups is 2. The summed E-state index contributed by atoms with van der Waals surface area (Å²) in [6.07, 6.45) is -6.26. The smallest absolute Gasteiger partial charge is 0.429 e. The Morgan fingerprint density at radius 1 is 0.723 bits per heavy atom. The molecule has 2 amide bonds. The number of hydrogen-bond acceptors (Lipinski definition) is 8. The number of esters is 1. The van der Waals surface area contributed by atoms with Crippen LogP contribution >= 0.6 is 23.2 Å². The van der Waals surface area contributed by atoms with Crippen LogP contribution in [-0.4, -0.2) is 58.2 Å². The summed E-state index contributed by atoms with van der Waals surface area (Å²) in [5, 5.41) is 23.7. The van der Waals surface area contributed by atoms with Crippen molar-refractivity contribution in [3.63, 3.8) is 0 Å². The zero-order valence-corrected chi connectivity index (χ0v) is 26.9. The molecule has 246 valence electrons. The van der Waals surface area contributed by atoms with Crippen LogP contribution in [0.4, 0.5) is 9.59 Å². The molecule has 12 heteroatoms. The van der Waals surface area contributed by atoms with E-state index in [9.17, 15) is 24.6 Å². The van der Waals surface area contributed by atoms with E-state index in [2.05, 4.69) is 5.43 Å². The maximum Gasteiger partial charge on any atom is 0.429 e. The summed E-state index contributed by atoms with van der Waals surface area (Å²) in [5.74, 6) is -1.11. The molecule has 4 aromatic carbocycles. The summed E-state index contributed by atoms with van der Waals surface area (Å²) in [4.78, 5) is 39.1. The molecule has 0 fully saturated rings. The van der Waals surface area contributed by atoms with E-state index in [4.69, 9.17) is 37.4 Å². The maximum absolute atomic E-state index is 13.6. The average Bonchev–Trinajstić information content (AvgIpc) is 3.08. The number of aliphatic hydroxyl groups excluding tert-OH is 2. The predicted octanol–water partition coefficient (Wildman–Crippen LogP) is 6.34. The lowest BCUT2D eigenvalue weighted by Crippen LogP contribution is -2.60. The minimum atomic E-state index is -2.07. The van der Waals surface area contributed by atoms with Gasteiger partial charge in [0, 0.05) is 10.0 Å². The second-order valence-corrected chi connectivity index (χ2v) is 11.3. The van der Waals surface area contributed by atoms with E-state index in [1.165, 1.54) is 0 Å². The van der Waals surface area contributed by atoms with E-state index in [1.807, 2.05) is 6.07 Å². The topological polar surface area (TPSA) is 135 Å². The van der Waals surface area contributed by atoms with Crippen molar-refractivity contribution in [3.8, 4) is 11.1 Å². The molecule has 10 nitrogen and oxygen atoms in total. The van der Waals surface area contributed by atoms with Crippen LogP contribution in [0.1, 0.15) is 23.6 Å². The summed E-state index contributed by atoms with van der Waals surface area (Å²) in [5.41, 5.74) is 5.81. The third kappa shape index (κ3) is 10.5. The number of nitrogens with one attached hydrogen (secondary N) is 1. The highest BCUT2D eigenvalue weighted by Gasteiger charge is 2.40. The van der Waals surface area contributed by atoms with E-state index >= 15 is 0 Å². The number of amides is 2. The number of halogens is 2. The van der Waals surface area contributed by atoms with Crippen LogP contribution in [0.3, 0.4) is 0 Å². The third-order valence-corrected chi connectivity index (χ3v) is 7.43. The van der Waals surface area contributed by atoms with Crippen molar-refractivity contribution < 1.29 is 38.8 Å². The Kier molecular flexibility index (Phi) is 13.0. The number of carbonyl (C=O) groups excluding carboxylic acids is 3. The lowest BCUT2D eigenvalue weighted by Gasteiger charge is -2.35. The molecule has 0 aliphatic heterocycles. The van der Waals surface area contributed by atoms with E-state index < -0.39 is 36.4 Å². The molecule has 0 heterocycles. The van der Waals surface area contributed by atoms with Gasteiger partial charge in [-0.25, -0.2) is 24.8 Å². The molecular formula is C35H34Cl2N2O8. The van der Waals surface area contributed by atoms with Crippen LogP contribution < -0.4 is 5.43 Å². The van der Waals surface area contributed by atoms with Crippen LogP contribution in [0.2, 0.25) is 10.0 Å². The first-order chi connectivity index (χ1) is 22.6. The van der Waals surface area contributed by atoms with Crippen LogP contribution in [-0.2, 0) is 38.6 Å². The fourth-order valence-corrected chi connectivity index (χ4v) is 5.17. The largest absolute Gasteiger partial charge is 0.464 e. The number of hydrazine groups is 1. The number of hydrogen-bond donors (Lipinski definition) is 3. The molecule has 0 saturated heterocycles. The second kappa shape index (κ2) is 17.3. The molecule has 0 radical (unpaired) electrons.